The van der Waals surface area contributed by atoms with Gasteiger partial charge in [-0.1, -0.05) is 6.92 Å². The molecule has 1 atom stereocenters. The lowest BCUT2D eigenvalue weighted by Gasteiger charge is -2.08. The number of hydrogen-bond donors (Lipinski definition) is 2. The van der Waals surface area contributed by atoms with Crippen LogP contribution in [0.15, 0.2) is 12.3 Å². The molecule has 0 aliphatic heterocycles. The maximum absolute atomic E-state index is 9.30. The molecule has 0 amide bonds. The van der Waals surface area contributed by atoms with Crippen molar-refractivity contribution in [2.75, 3.05) is 6.61 Å². The summed E-state index contributed by atoms with van der Waals surface area (Å²) >= 11 is 0. The van der Waals surface area contributed by atoms with Crippen LogP contribution in [0.25, 0.3) is 0 Å². The van der Waals surface area contributed by atoms with Gasteiger partial charge >= 0.3 is 0 Å². The van der Waals surface area contributed by atoms with Crippen molar-refractivity contribution in [1.82, 2.24) is 4.98 Å². The van der Waals surface area contributed by atoms with Crippen molar-refractivity contribution in [1.29, 1.82) is 0 Å². The minimum Gasteiger partial charge on any atom is -0.506 e. The van der Waals surface area contributed by atoms with Gasteiger partial charge in [0.2, 0.25) is 0 Å². The van der Waals surface area contributed by atoms with E-state index in [0.717, 1.165) is 5.56 Å². The van der Waals surface area contributed by atoms with E-state index in [1.807, 2.05) is 6.92 Å². The third-order valence-electron chi connectivity index (χ3n) is 1.92. The number of nitrogens with zero attached hydrogens (tertiary/aromatic N) is 1. The van der Waals surface area contributed by atoms with Crippen molar-refractivity contribution in [3.05, 3.63) is 23.5 Å². The van der Waals surface area contributed by atoms with Crippen LogP contribution in [-0.4, -0.2) is 21.8 Å². The zero-order valence-corrected chi connectivity index (χ0v) is 7.28. The van der Waals surface area contributed by atoms with Crippen LogP contribution in [0.4, 0.5) is 0 Å². The van der Waals surface area contributed by atoms with Gasteiger partial charge < -0.3 is 10.2 Å². The largest absolute Gasteiger partial charge is 0.506 e. The molecule has 0 aromatic carbocycles. The summed E-state index contributed by atoms with van der Waals surface area (Å²) in [7, 11) is 0. The minimum atomic E-state index is 0.0315. The Balaban J connectivity index is 2.96. The van der Waals surface area contributed by atoms with Crippen molar-refractivity contribution in [3.63, 3.8) is 0 Å². The molecule has 1 aromatic rings. The van der Waals surface area contributed by atoms with E-state index in [-0.39, 0.29) is 18.3 Å². The van der Waals surface area contributed by atoms with E-state index in [1.54, 1.807) is 19.2 Å². The lowest BCUT2D eigenvalue weighted by Crippen LogP contribution is -1.99. The second-order valence-corrected chi connectivity index (χ2v) is 2.96. The third kappa shape index (κ3) is 1.74. The van der Waals surface area contributed by atoms with Gasteiger partial charge in [0.05, 0.1) is 5.69 Å². The van der Waals surface area contributed by atoms with Crippen LogP contribution in [0.3, 0.4) is 0 Å². The fourth-order valence-corrected chi connectivity index (χ4v) is 0.912. The van der Waals surface area contributed by atoms with Gasteiger partial charge in [0, 0.05) is 18.7 Å². The second-order valence-electron chi connectivity index (χ2n) is 2.96. The smallest absolute Gasteiger partial charge is 0.137 e. The van der Waals surface area contributed by atoms with Crippen LogP contribution < -0.4 is 0 Å². The molecule has 2 N–H and O–H groups in total. The molecule has 3 nitrogen and oxygen atoms in total. The van der Waals surface area contributed by atoms with Gasteiger partial charge in [-0.05, 0) is 18.6 Å². The Morgan fingerprint density at radius 1 is 1.58 bits per heavy atom. The second kappa shape index (κ2) is 3.54. The molecule has 0 radical (unpaired) electrons. The summed E-state index contributed by atoms with van der Waals surface area (Å²) in [5.41, 5.74) is 1.48. The monoisotopic (exact) mass is 167 g/mol. The molecule has 0 fully saturated rings. The van der Waals surface area contributed by atoms with E-state index in [2.05, 4.69) is 4.98 Å². The fourth-order valence-electron chi connectivity index (χ4n) is 0.912. The first kappa shape index (κ1) is 9.00. The van der Waals surface area contributed by atoms with Crippen LogP contribution >= 0.6 is 0 Å². The number of aliphatic hydroxyl groups excluding tert-OH is 1. The van der Waals surface area contributed by atoms with Crippen LogP contribution in [0.5, 0.6) is 5.75 Å². The molecule has 0 spiro atoms. The van der Waals surface area contributed by atoms with Crippen molar-refractivity contribution in [3.8, 4) is 5.75 Å². The predicted octanol–water partition coefficient (Wildman–Crippen LogP) is 1.19. The van der Waals surface area contributed by atoms with Crippen LogP contribution in [0, 0.1) is 6.92 Å². The van der Waals surface area contributed by atoms with Gasteiger partial charge in [-0.2, -0.15) is 0 Å². The van der Waals surface area contributed by atoms with Gasteiger partial charge in [0.1, 0.15) is 5.75 Å². The fraction of sp³-hybridized carbons (Fsp3) is 0.444. The van der Waals surface area contributed by atoms with Crippen molar-refractivity contribution >= 4 is 0 Å². The lowest BCUT2D eigenvalue weighted by atomic mass is 10.0. The van der Waals surface area contributed by atoms with Crippen molar-refractivity contribution < 1.29 is 10.2 Å². The summed E-state index contributed by atoms with van der Waals surface area (Å²) < 4.78 is 0. The normalized spacial score (nSPS) is 12.9. The molecule has 1 rings (SSSR count). The Hall–Kier alpha value is -1.09. The molecule has 0 aliphatic rings. The number of aryl methyl sites for hydroxylation is 1. The Morgan fingerprint density at radius 2 is 2.25 bits per heavy atom. The SMILES string of the molecule is Cc1ncc(C(C)CO)cc1O. The van der Waals surface area contributed by atoms with E-state index in [1.165, 1.54) is 0 Å². The topological polar surface area (TPSA) is 53.4 Å². The van der Waals surface area contributed by atoms with E-state index in [0.29, 0.717) is 5.69 Å². The molecular weight excluding hydrogens is 154 g/mol. The van der Waals surface area contributed by atoms with Crippen LogP contribution in [0.2, 0.25) is 0 Å². The molecule has 66 valence electrons. The maximum Gasteiger partial charge on any atom is 0.137 e. The summed E-state index contributed by atoms with van der Waals surface area (Å²) in [6, 6.07) is 1.64. The molecule has 1 heterocycles. The van der Waals surface area contributed by atoms with E-state index in [9.17, 15) is 5.11 Å². The van der Waals surface area contributed by atoms with Gasteiger partial charge in [0.25, 0.3) is 0 Å². The zero-order chi connectivity index (χ0) is 9.14. The Labute approximate surface area is 71.7 Å². The standard InChI is InChI=1S/C9H13NO2/c1-6(5-11)8-3-9(12)7(2)10-4-8/h3-4,6,11-12H,5H2,1-2H3. The highest BCUT2D eigenvalue weighted by atomic mass is 16.3. The highest BCUT2D eigenvalue weighted by Gasteiger charge is 2.06. The van der Waals surface area contributed by atoms with Gasteiger partial charge in [0.15, 0.2) is 0 Å². The summed E-state index contributed by atoms with van der Waals surface area (Å²) in [5.74, 6) is 0.219. The quantitative estimate of drug-likeness (QED) is 0.695. The van der Waals surface area contributed by atoms with Crippen LogP contribution in [0.1, 0.15) is 24.1 Å². The number of hydrogen-bond acceptors (Lipinski definition) is 3. The van der Waals surface area contributed by atoms with Gasteiger partial charge in [-0.15, -0.1) is 0 Å². The van der Waals surface area contributed by atoms with E-state index in [4.69, 9.17) is 5.11 Å². The number of rotatable bonds is 2. The molecule has 0 saturated heterocycles. The predicted molar refractivity (Wildman–Crippen MR) is 46.1 cm³/mol. The molecule has 1 unspecified atom stereocenters. The van der Waals surface area contributed by atoms with Crippen molar-refractivity contribution in [2.45, 2.75) is 19.8 Å². The van der Waals surface area contributed by atoms with E-state index >= 15 is 0 Å². The highest BCUT2D eigenvalue weighted by Crippen LogP contribution is 2.20. The number of pyridine rings is 1. The lowest BCUT2D eigenvalue weighted by molar-refractivity contribution is 0.272. The Bertz CT molecular complexity index is 273. The van der Waals surface area contributed by atoms with Crippen molar-refractivity contribution in [2.24, 2.45) is 0 Å². The molecular formula is C9H13NO2. The Kier molecular flexibility index (Phi) is 2.65. The first-order valence-electron chi connectivity index (χ1n) is 3.91. The van der Waals surface area contributed by atoms with Gasteiger partial charge in [-0.3, -0.25) is 4.98 Å². The summed E-state index contributed by atoms with van der Waals surface area (Å²) in [4.78, 5) is 3.99. The molecule has 0 saturated carbocycles. The number of aromatic hydroxyl groups is 1. The highest BCUT2D eigenvalue weighted by molar-refractivity contribution is 5.30. The molecule has 0 aliphatic carbocycles. The first-order valence-corrected chi connectivity index (χ1v) is 3.91. The molecule has 0 bridgehead atoms. The van der Waals surface area contributed by atoms with Crippen LogP contribution in [-0.2, 0) is 0 Å². The maximum atomic E-state index is 9.30. The van der Waals surface area contributed by atoms with Gasteiger partial charge in [-0.25, -0.2) is 0 Å². The summed E-state index contributed by atoms with van der Waals surface area (Å²) in [6.07, 6.45) is 1.68. The average molecular weight is 167 g/mol. The Morgan fingerprint density at radius 3 is 2.75 bits per heavy atom. The third-order valence-corrected chi connectivity index (χ3v) is 1.92. The summed E-state index contributed by atoms with van der Waals surface area (Å²) in [6.45, 7) is 3.69. The first-order chi connectivity index (χ1) is 5.65. The van der Waals surface area contributed by atoms with E-state index < -0.39 is 0 Å². The number of aliphatic hydroxyl groups is 1. The molecule has 12 heavy (non-hydrogen) atoms. The molecule has 3 heteroatoms. The zero-order valence-electron chi connectivity index (χ0n) is 7.28. The minimum absolute atomic E-state index is 0.0315. The average Bonchev–Trinajstić information content (AvgIpc) is 2.08. The molecule has 1 aromatic heterocycles. The number of aromatic nitrogens is 1. The summed E-state index contributed by atoms with van der Waals surface area (Å²) in [5, 5.41) is 18.1.